The van der Waals surface area contributed by atoms with E-state index in [0.29, 0.717) is 17.2 Å². The summed E-state index contributed by atoms with van der Waals surface area (Å²) in [5.74, 6) is 0.552. The first-order valence-corrected chi connectivity index (χ1v) is 5.27. The number of hydrogen-bond acceptors (Lipinski definition) is 4. The van der Waals surface area contributed by atoms with E-state index in [2.05, 4.69) is 15.0 Å². The van der Waals surface area contributed by atoms with Gasteiger partial charge in [0.15, 0.2) is 5.82 Å². The van der Waals surface area contributed by atoms with Crippen molar-refractivity contribution in [1.82, 2.24) is 15.0 Å². The van der Waals surface area contributed by atoms with E-state index in [1.165, 1.54) is 0 Å². The van der Waals surface area contributed by atoms with Gasteiger partial charge in [0, 0.05) is 17.8 Å². The Balaban J connectivity index is 2.27. The summed E-state index contributed by atoms with van der Waals surface area (Å²) in [7, 11) is 0. The average molecular weight is 222 g/mol. The first-order valence-electron chi connectivity index (χ1n) is 5.27. The summed E-state index contributed by atoms with van der Waals surface area (Å²) >= 11 is 0. The molecule has 0 atom stereocenters. The molecule has 0 fully saturated rings. The van der Waals surface area contributed by atoms with E-state index >= 15 is 0 Å². The Bertz CT molecular complexity index is 665. The lowest BCUT2D eigenvalue weighted by Gasteiger charge is -2.05. The van der Waals surface area contributed by atoms with Crippen molar-refractivity contribution in [2.45, 2.75) is 0 Å². The van der Waals surface area contributed by atoms with Crippen molar-refractivity contribution in [2.75, 3.05) is 5.73 Å². The molecule has 3 aromatic rings. The largest absolute Gasteiger partial charge is 0.397 e. The zero-order valence-corrected chi connectivity index (χ0v) is 9.04. The minimum atomic E-state index is 0.552. The zero-order valence-electron chi connectivity index (χ0n) is 9.04. The van der Waals surface area contributed by atoms with Crippen molar-refractivity contribution >= 4 is 16.6 Å². The maximum atomic E-state index is 5.98. The summed E-state index contributed by atoms with van der Waals surface area (Å²) in [6.07, 6.45) is 3.36. The van der Waals surface area contributed by atoms with Crippen LogP contribution in [0.25, 0.3) is 22.4 Å². The maximum absolute atomic E-state index is 5.98. The highest BCUT2D eigenvalue weighted by molar-refractivity contribution is 5.86. The lowest BCUT2D eigenvalue weighted by atomic mass is 10.1. The third-order valence-corrected chi connectivity index (χ3v) is 2.53. The van der Waals surface area contributed by atoms with E-state index in [9.17, 15) is 0 Å². The Morgan fingerprint density at radius 1 is 0.941 bits per heavy atom. The molecule has 0 saturated heterocycles. The zero-order chi connectivity index (χ0) is 11.7. The van der Waals surface area contributed by atoms with Crippen LogP contribution in [0.5, 0.6) is 0 Å². The summed E-state index contributed by atoms with van der Waals surface area (Å²) < 4.78 is 0. The Labute approximate surface area is 98.2 Å². The molecule has 17 heavy (non-hydrogen) atoms. The molecule has 0 aliphatic carbocycles. The molecular weight excluding hydrogens is 212 g/mol. The molecule has 2 heterocycles. The number of nitrogens with two attached hydrogens (primary N) is 1. The summed E-state index contributed by atoms with van der Waals surface area (Å²) in [5.41, 5.74) is 8.09. The number of rotatable bonds is 1. The molecule has 0 unspecified atom stereocenters. The second-order valence-corrected chi connectivity index (χ2v) is 3.69. The van der Waals surface area contributed by atoms with Gasteiger partial charge in [-0.05, 0) is 18.2 Å². The van der Waals surface area contributed by atoms with Gasteiger partial charge in [0.05, 0.1) is 11.2 Å². The third kappa shape index (κ3) is 1.69. The fourth-order valence-corrected chi connectivity index (χ4v) is 1.73. The molecule has 2 N–H and O–H groups in total. The minimum Gasteiger partial charge on any atom is -0.397 e. The molecule has 4 nitrogen and oxygen atoms in total. The van der Waals surface area contributed by atoms with Gasteiger partial charge in [0.25, 0.3) is 0 Å². The van der Waals surface area contributed by atoms with Crippen LogP contribution in [0.15, 0.2) is 48.8 Å². The number of para-hydroxylation sites is 1. The Kier molecular flexibility index (Phi) is 2.19. The van der Waals surface area contributed by atoms with Gasteiger partial charge in [-0.1, -0.05) is 18.2 Å². The smallest absolute Gasteiger partial charge is 0.180 e. The maximum Gasteiger partial charge on any atom is 0.180 e. The number of pyridine rings is 1. The first-order chi connectivity index (χ1) is 8.34. The SMILES string of the molecule is Nc1cc2ccccc2nc1-c1ncccn1. The van der Waals surface area contributed by atoms with E-state index in [-0.39, 0.29) is 0 Å². The monoisotopic (exact) mass is 222 g/mol. The van der Waals surface area contributed by atoms with Crippen LogP contribution < -0.4 is 5.73 Å². The first kappa shape index (κ1) is 9.72. The van der Waals surface area contributed by atoms with Crippen molar-refractivity contribution in [3.63, 3.8) is 0 Å². The quantitative estimate of drug-likeness (QED) is 0.686. The predicted molar refractivity (Wildman–Crippen MR) is 67.2 cm³/mol. The molecule has 4 heteroatoms. The van der Waals surface area contributed by atoms with Crippen LogP contribution in [0.4, 0.5) is 5.69 Å². The van der Waals surface area contributed by atoms with Crippen molar-refractivity contribution in [1.29, 1.82) is 0 Å². The predicted octanol–water partition coefficient (Wildman–Crippen LogP) is 2.27. The highest BCUT2D eigenvalue weighted by Gasteiger charge is 2.08. The third-order valence-electron chi connectivity index (χ3n) is 2.53. The lowest BCUT2D eigenvalue weighted by molar-refractivity contribution is 1.15. The second-order valence-electron chi connectivity index (χ2n) is 3.69. The normalized spacial score (nSPS) is 10.6. The number of nitrogens with zero attached hydrogens (tertiary/aromatic N) is 3. The van der Waals surface area contributed by atoms with E-state index in [0.717, 1.165) is 10.9 Å². The molecule has 0 aliphatic rings. The molecule has 2 aromatic heterocycles. The van der Waals surface area contributed by atoms with Crippen molar-refractivity contribution in [3.8, 4) is 11.5 Å². The van der Waals surface area contributed by atoms with Crippen molar-refractivity contribution in [3.05, 3.63) is 48.8 Å². The lowest BCUT2D eigenvalue weighted by Crippen LogP contribution is -1.97. The van der Waals surface area contributed by atoms with Gasteiger partial charge in [0.1, 0.15) is 5.69 Å². The number of hydrogen-bond donors (Lipinski definition) is 1. The molecule has 0 saturated carbocycles. The summed E-state index contributed by atoms with van der Waals surface area (Å²) in [6.45, 7) is 0. The van der Waals surface area contributed by atoms with Crippen molar-refractivity contribution < 1.29 is 0 Å². The topological polar surface area (TPSA) is 64.7 Å². The second kappa shape index (κ2) is 3.83. The summed E-state index contributed by atoms with van der Waals surface area (Å²) in [5, 5.41) is 1.02. The minimum absolute atomic E-state index is 0.552. The number of benzene rings is 1. The van der Waals surface area contributed by atoms with Gasteiger partial charge in [-0.15, -0.1) is 0 Å². The number of nitrogen functional groups attached to an aromatic ring is 1. The Morgan fingerprint density at radius 3 is 2.53 bits per heavy atom. The molecule has 3 rings (SSSR count). The number of fused-ring (bicyclic) bond motifs is 1. The number of aromatic nitrogens is 3. The van der Waals surface area contributed by atoms with E-state index < -0.39 is 0 Å². The van der Waals surface area contributed by atoms with Crippen LogP contribution in [0.3, 0.4) is 0 Å². The van der Waals surface area contributed by atoms with Crippen LogP contribution in [-0.4, -0.2) is 15.0 Å². The highest BCUT2D eigenvalue weighted by atomic mass is 14.9. The fraction of sp³-hybridized carbons (Fsp3) is 0. The Morgan fingerprint density at radius 2 is 1.71 bits per heavy atom. The molecule has 0 bridgehead atoms. The average Bonchev–Trinajstić information content (AvgIpc) is 2.39. The number of anilines is 1. The van der Waals surface area contributed by atoms with Gasteiger partial charge in [-0.3, -0.25) is 0 Å². The molecule has 0 aliphatic heterocycles. The van der Waals surface area contributed by atoms with Gasteiger partial charge in [-0.2, -0.15) is 0 Å². The molecule has 0 radical (unpaired) electrons. The summed E-state index contributed by atoms with van der Waals surface area (Å²) in [4.78, 5) is 12.8. The molecule has 1 aromatic carbocycles. The van der Waals surface area contributed by atoms with Crippen LogP contribution in [0.2, 0.25) is 0 Å². The van der Waals surface area contributed by atoms with Gasteiger partial charge >= 0.3 is 0 Å². The molecular formula is C13H10N4. The Hall–Kier alpha value is -2.49. The van der Waals surface area contributed by atoms with Gasteiger partial charge in [0.2, 0.25) is 0 Å². The summed E-state index contributed by atoms with van der Waals surface area (Å²) in [6, 6.07) is 11.5. The van der Waals surface area contributed by atoms with Crippen LogP contribution >= 0.6 is 0 Å². The van der Waals surface area contributed by atoms with E-state index in [1.54, 1.807) is 18.5 Å². The van der Waals surface area contributed by atoms with E-state index in [4.69, 9.17) is 5.73 Å². The molecule has 0 spiro atoms. The van der Waals surface area contributed by atoms with Crippen LogP contribution in [0.1, 0.15) is 0 Å². The van der Waals surface area contributed by atoms with Gasteiger partial charge < -0.3 is 5.73 Å². The van der Waals surface area contributed by atoms with Crippen LogP contribution in [-0.2, 0) is 0 Å². The van der Waals surface area contributed by atoms with Crippen LogP contribution in [0, 0.1) is 0 Å². The molecule has 82 valence electrons. The highest BCUT2D eigenvalue weighted by Crippen LogP contribution is 2.24. The standard InChI is InChI=1S/C13H10N4/c14-10-8-9-4-1-2-5-11(9)17-12(10)13-15-6-3-7-16-13/h1-8H,14H2. The molecule has 0 amide bonds. The van der Waals surface area contributed by atoms with Crippen molar-refractivity contribution in [2.24, 2.45) is 0 Å². The van der Waals surface area contributed by atoms with E-state index in [1.807, 2.05) is 30.3 Å². The fourth-order valence-electron chi connectivity index (χ4n) is 1.73. The van der Waals surface area contributed by atoms with Gasteiger partial charge in [-0.25, -0.2) is 15.0 Å².